The average molecular weight is 408 g/mol. The lowest BCUT2D eigenvalue weighted by Crippen LogP contribution is -2.36. The summed E-state index contributed by atoms with van der Waals surface area (Å²) in [5, 5.41) is 0.293. The fraction of sp³-hybridized carbons (Fsp3) is 0.368. The summed E-state index contributed by atoms with van der Waals surface area (Å²) in [7, 11) is -0.550. The first-order valence-corrected chi connectivity index (χ1v) is 11.0. The lowest BCUT2D eigenvalue weighted by Gasteiger charge is -2.24. The molecule has 0 fully saturated rings. The van der Waals surface area contributed by atoms with E-state index in [4.69, 9.17) is 0 Å². The van der Waals surface area contributed by atoms with Crippen LogP contribution in [0, 0.1) is 0 Å². The summed E-state index contributed by atoms with van der Waals surface area (Å²) in [6.07, 6.45) is 1.33. The van der Waals surface area contributed by atoms with Gasteiger partial charge in [0.05, 0.1) is 10.3 Å². The summed E-state index contributed by atoms with van der Waals surface area (Å²) in [4.78, 5) is 18.9. The second kappa shape index (κ2) is 9.34. The molecule has 1 heterocycles. The second-order valence-corrected chi connectivity index (χ2v) is 9.73. The molecule has 27 heavy (non-hydrogen) atoms. The van der Waals surface area contributed by atoms with Crippen molar-refractivity contribution in [1.82, 2.24) is 14.2 Å². The number of pyridine rings is 1. The van der Waals surface area contributed by atoms with E-state index in [0.29, 0.717) is 18.1 Å². The Morgan fingerprint density at radius 1 is 1.15 bits per heavy atom. The van der Waals surface area contributed by atoms with Crippen molar-refractivity contribution in [3.05, 3.63) is 54.2 Å². The molecule has 0 saturated carbocycles. The Hall–Kier alpha value is -1.90. The summed E-state index contributed by atoms with van der Waals surface area (Å²) in [5.74, 6) is 0.0261. The normalized spacial score (nSPS) is 12.8. The Kier molecular flexibility index (Phi) is 7.41. The zero-order valence-electron chi connectivity index (χ0n) is 16.0. The molecule has 8 heteroatoms. The molecule has 0 saturated heterocycles. The number of sulfonamides is 1. The van der Waals surface area contributed by atoms with Crippen molar-refractivity contribution in [3.8, 4) is 0 Å². The largest absolute Gasteiger partial charge is 0.338 e. The second-order valence-electron chi connectivity index (χ2n) is 6.22. The molecular weight excluding hydrogens is 382 g/mol. The Morgan fingerprint density at radius 3 is 2.33 bits per heavy atom. The van der Waals surface area contributed by atoms with Crippen molar-refractivity contribution in [2.75, 3.05) is 20.6 Å². The number of hydrogen-bond acceptors (Lipinski definition) is 5. The number of benzene rings is 1. The van der Waals surface area contributed by atoms with Crippen LogP contribution in [-0.4, -0.2) is 54.4 Å². The summed E-state index contributed by atoms with van der Waals surface area (Å²) in [5.41, 5.74) is 1.08. The summed E-state index contributed by atoms with van der Waals surface area (Å²) in [6, 6.07) is 13.0. The van der Waals surface area contributed by atoms with Gasteiger partial charge in [0.2, 0.25) is 15.9 Å². The molecule has 0 N–H and O–H groups in total. The van der Waals surface area contributed by atoms with Crippen molar-refractivity contribution in [2.24, 2.45) is 0 Å². The smallest absolute Gasteiger partial charge is 0.244 e. The third kappa shape index (κ3) is 5.54. The van der Waals surface area contributed by atoms with Gasteiger partial charge < -0.3 is 4.90 Å². The molecule has 0 bridgehead atoms. The molecule has 0 unspecified atom stereocenters. The highest BCUT2D eigenvalue weighted by Gasteiger charge is 2.22. The molecule has 146 valence electrons. The van der Waals surface area contributed by atoms with Crippen LogP contribution in [0.4, 0.5) is 0 Å². The van der Waals surface area contributed by atoms with Crippen LogP contribution in [-0.2, 0) is 21.4 Å². The molecular formula is C19H25N3O3S2. The summed E-state index contributed by atoms with van der Waals surface area (Å²) >= 11 is 1.32. The lowest BCUT2D eigenvalue weighted by molar-refractivity contribution is -0.130. The van der Waals surface area contributed by atoms with Gasteiger partial charge >= 0.3 is 0 Å². The molecule has 6 nitrogen and oxygen atoms in total. The number of rotatable bonds is 8. The number of thioether (sulfide) groups is 1. The van der Waals surface area contributed by atoms with Gasteiger partial charge in [0, 0.05) is 33.4 Å². The zero-order valence-corrected chi connectivity index (χ0v) is 17.6. The topological polar surface area (TPSA) is 70.6 Å². The molecule has 2 rings (SSSR count). The van der Waals surface area contributed by atoms with Crippen LogP contribution in [0.25, 0.3) is 0 Å². The lowest BCUT2D eigenvalue weighted by atomic mass is 10.2. The molecule has 1 aromatic carbocycles. The van der Waals surface area contributed by atoms with Gasteiger partial charge in [-0.1, -0.05) is 42.1 Å². The SMILES string of the molecule is CCN(Cc1ccccc1)C(=O)[C@H](C)Sc1ccc(S(=O)(=O)N(C)C)cn1. The fourth-order valence-electron chi connectivity index (χ4n) is 2.44. The predicted octanol–water partition coefficient (Wildman–Crippen LogP) is 2.86. The van der Waals surface area contributed by atoms with Gasteiger partial charge in [-0.3, -0.25) is 4.79 Å². The Morgan fingerprint density at radius 2 is 1.81 bits per heavy atom. The highest BCUT2D eigenvalue weighted by molar-refractivity contribution is 8.00. The van der Waals surface area contributed by atoms with Gasteiger partial charge in [-0.15, -0.1) is 0 Å². The van der Waals surface area contributed by atoms with E-state index in [1.165, 1.54) is 38.1 Å². The molecule has 0 radical (unpaired) electrons. The van der Waals surface area contributed by atoms with Crippen LogP contribution in [0.5, 0.6) is 0 Å². The number of amides is 1. The Balaban J connectivity index is 2.04. The molecule has 0 spiro atoms. The molecule has 0 aliphatic rings. The fourth-order valence-corrected chi connectivity index (χ4v) is 4.16. The van der Waals surface area contributed by atoms with Gasteiger partial charge in [-0.25, -0.2) is 17.7 Å². The van der Waals surface area contributed by atoms with E-state index in [0.717, 1.165) is 9.87 Å². The van der Waals surface area contributed by atoms with E-state index in [1.807, 2.05) is 44.2 Å². The van der Waals surface area contributed by atoms with Crippen molar-refractivity contribution in [2.45, 2.75) is 35.6 Å². The maximum atomic E-state index is 12.8. The average Bonchev–Trinajstić information content (AvgIpc) is 2.66. The highest BCUT2D eigenvalue weighted by Crippen LogP contribution is 2.24. The zero-order chi connectivity index (χ0) is 20.0. The maximum absolute atomic E-state index is 12.8. The number of carbonyl (C=O) groups excluding carboxylic acids is 1. The van der Waals surface area contributed by atoms with E-state index in [9.17, 15) is 13.2 Å². The predicted molar refractivity (Wildman–Crippen MR) is 108 cm³/mol. The van der Waals surface area contributed by atoms with Crippen LogP contribution in [0.1, 0.15) is 19.4 Å². The van der Waals surface area contributed by atoms with Crippen molar-refractivity contribution in [1.29, 1.82) is 0 Å². The van der Waals surface area contributed by atoms with E-state index in [1.54, 1.807) is 11.0 Å². The third-order valence-corrected chi connectivity index (χ3v) is 6.88. The Labute approximate surface area is 165 Å². The molecule has 1 atom stereocenters. The highest BCUT2D eigenvalue weighted by atomic mass is 32.2. The van der Waals surface area contributed by atoms with E-state index >= 15 is 0 Å². The van der Waals surface area contributed by atoms with Crippen LogP contribution < -0.4 is 0 Å². The first-order chi connectivity index (χ1) is 12.8. The van der Waals surface area contributed by atoms with Crippen LogP contribution in [0.15, 0.2) is 58.6 Å². The van der Waals surface area contributed by atoms with E-state index in [2.05, 4.69) is 4.98 Å². The monoisotopic (exact) mass is 407 g/mol. The number of hydrogen-bond donors (Lipinski definition) is 0. The van der Waals surface area contributed by atoms with Gasteiger partial charge in [0.25, 0.3) is 0 Å². The van der Waals surface area contributed by atoms with Crippen molar-refractivity contribution in [3.63, 3.8) is 0 Å². The molecule has 0 aliphatic heterocycles. The number of aromatic nitrogens is 1. The van der Waals surface area contributed by atoms with Crippen LogP contribution in [0.3, 0.4) is 0 Å². The molecule has 2 aromatic rings. The van der Waals surface area contributed by atoms with Crippen molar-refractivity contribution >= 4 is 27.7 Å². The van der Waals surface area contributed by atoms with Crippen LogP contribution in [0.2, 0.25) is 0 Å². The third-order valence-electron chi connectivity index (χ3n) is 4.04. The van der Waals surface area contributed by atoms with Gasteiger partial charge in [0.1, 0.15) is 4.90 Å². The minimum absolute atomic E-state index is 0.0261. The number of carbonyl (C=O) groups is 1. The summed E-state index contributed by atoms with van der Waals surface area (Å²) < 4.78 is 25.3. The first-order valence-electron chi connectivity index (χ1n) is 8.63. The van der Waals surface area contributed by atoms with Gasteiger partial charge in [-0.2, -0.15) is 0 Å². The number of nitrogens with zero attached hydrogens (tertiary/aromatic N) is 3. The molecule has 1 amide bonds. The molecule has 1 aromatic heterocycles. The van der Waals surface area contributed by atoms with Crippen LogP contribution >= 0.6 is 11.8 Å². The van der Waals surface area contributed by atoms with E-state index < -0.39 is 10.0 Å². The minimum atomic E-state index is -3.50. The minimum Gasteiger partial charge on any atom is -0.338 e. The van der Waals surface area contributed by atoms with Crippen molar-refractivity contribution < 1.29 is 13.2 Å². The van der Waals surface area contributed by atoms with Gasteiger partial charge in [0.15, 0.2) is 0 Å². The maximum Gasteiger partial charge on any atom is 0.244 e. The Bertz CT molecular complexity index is 854. The first kappa shape index (κ1) is 21.4. The summed E-state index contributed by atoms with van der Waals surface area (Å²) in [6.45, 7) is 4.98. The molecule has 0 aliphatic carbocycles. The van der Waals surface area contributed by atoms with E-state index in [-0.39, 0.29) is 16.1 Å². The van der Waals surface area contributed by atoms with Gasteiger partial charge in [-0.05, 0) is 31.5 Å². The standard InChI is InChI=1S/C19H25N3O3S2/c1-5-22(14-16-9-7-6-8-10-16)19(23)15(2)26-18-12-11-17(13-20-18)27(24,25)21(3)4/h6-13,15H,5,14H2,1-4H3/t15-/m0/s1. The quantitative estimate of drug-likeness (QED) is 0.629.